The normalized spacial score (nSPS) is 13.7. The maximum Gasteiger partial charge on any atom is 0.174 e. The van der Waals surface area contributed by atoms with E-state index in [1.165, 1.54) is 36.8 Å². The van der Waals surface area contributed by atoms with Gasteiger partial charge in [0.05, 0.1) is 0 Å². The van der Waals surface area contributed by atoms with E-state index in [1.54, 1.807) is 0 Å². The van der Waals surface area contributed by atoms with Gasteiger partial charge in [0.15, 0.2) is 13.2 Å². The number of hydrogen-bond acceptors (Lipinski definition) is 4. The number of nitriles is 2. The Morgan fingerprint density at radius 1 is 0.679 bits per heavy atom. The van der Waals surface area contributed by atoms with E-state index in [2.05, 4.69) is 24.3 Å². The zero-order valence-corrected chi connectivity index (χ0v) is 16.0. The van der Waals surface area contributed by atoms with Crippen molar-refractivity contribution >= 4 is 5.57 Å². The van der Waals surface area contributed by atoms with E-state index in [0.29, 0.717) is 11.5 Å². The Morgan fingerprint density at radius 2 is 1.11 bits per heavy atom. The first kappa shape index (κ1) is 19.5. The van der Waals surface area contributed by atoms with Crippen LogP contribution in [0.25, 0.3) is 5.57 Å². The second kappa shape index (κ2) is 10.2. The highest BCUT2D eigenvalue weighted by atomic mass is 16.5. The van der Waals surface area contributed by atoms with Gasteiger partial charge in [-0.2, -0.15) is 10.5 Å². The van der Waals surface area contributed by atoms with Gasteiger partial charge in [-0.25, -0.2) is 0 Å². The van der Waals surface area contributed by atoms with Crippen LogP contribution < -0.4 is 9.47 Å². The van der Waals surface area contributed by atoms with E-state index in [4.69, 9.17) is 20.0 Å². The van der Waals surface area contributed by atoms with Crippen molar-refractivity contribution < 1.29 is 9.47 Å². The number of hydrogen-bond donors (Lipinski definition) is 0. The van der Waals surface area contributed by atoms with Crippen molar-refractivity contribution in [1.29, 1.82) is 10.5 Å². The van der Waals surface area contributed by atoms with E-state index >= 15 is 0 Å². The van der Waals surface area contributed by atoms with E-state index in [-0.39, 0.29) is 13.2 Å². The maximum absolute atomic E-state index is 8.68. The molecule has 2 aromatic rings. The van der Waals surface area contributed by atoms with Gasteiger partial charge in [0.2, 0.25) is 0 Å². The minimum absolute atomic E-state index is 0.0530. The molecule has 4 nitrogen and oxygen atoms in total. The lowest BCUT2D eigenvalue weighted by Gasteiger charge is -2.16. The van der Waals surface area contributed by atoms with Crippen LogP contribution in [0.5, 0.6) is 11.5 Å². The number of allylic oxidation sites excluding steroid dienone is 1. The van der Waals surface area contributed by atoms with Gasteiger partial charge in [-0.15, -0.1) is 0 Å². The van der Waals surface area contributed by atoms with Crippen molar-refractivity contribution in [3.05, 3.63) is 65.2 Å². The SMILES string of the molecule is N#CCOc1ccc(C(=C2CCCCCC2)c2ccc(OCC#N)cc2)cc1. The summed E-state index contributed by atoms with van der Waals surface area (Å²) in [6, 6.07) is 20.0. The molecule has 0 amide bonds. The molecule has 1 saturated carbocycles. The second-order valence-electron chi connectivity index (χ2n) is 6.84. The van der Waals surface area contributed by atoms with Crippen molar-refractivity contribution in [2.75, 3.05) is 13.2 Å². The molecule has 1 aliphatic rings. The predicted molar refractivity (Wildman–Crippen MR) is 109 cm³/mol. The van der Waals surface area contributed by atoms with Gasteiger partial charge in [-0.3, -0.25) is 0 Å². The van der Waals surface area contributed by atoms with Crippen molar-refractivity contribution in [3.8, 4) is 23.6 Å². The molecule has 28 heavy (non-hydrogen) atoms. The summed E-state index contributed by atoms with van der Waals surface area (Å²) in [7, 11) is 0. The van der Waals surface area contributed by atoms with Crippen LogP contribution in [-0.4, -0.2) is 13.2 Å². The summed E-state index contributed by atoms with van der Waals surface area (Å²) in [4.78, 5) is 0. The second-order valence-corrected chi connectivity index (χ2v) is 6.84. The monoisotopic (exact) mass is 372 g/mol. The Morgan fingerprint density at radius 3 is 1.50 bits per heavy atom. The largest absolute Gasteiger partial charge is 0.479 e. The summed E-state index contributed by atoms with van der Waals surface area (Å²) in [5.41, 5.74) is 5.09. The van der Waals surface area contributed by atoms with Crippen LogP contribution in [0.2, 0.25) is 0 Å². The molecule has 0 aliphatic heterocycles. The summed E-state index contributed by atoms with van der Waals surface area (Å²) in [6.07, 6.45) is 7.28. The minimum atomic E-state index is 0.0530. The molecular weight excluding hydrogens is 348 g/mol. The van der Waals surface area contributed by atoms with Crippen LogP contribution in [0.15, 0.2) is 54.1 Å². The smallest absolute Gasteiger partial charge is 0.174 e. The van der Waals surface area contributed by atoms with Crippen LogP contribution in [0.1, 0.15) is 49.7 Å². The Kier molecular flexibility index (Phi) is 7.10. The third-order valence-corrected chi connectivity index (χ3v) is 4.95. The molecule has 0 aromatic heterocycles. The molecule has 0 spiro atoms. The molecule has 0 heterocycles. The van der Waals surface area contributed by atoms with Crippen LogP contribution in [0, 0.1) is 22.7 Å². The van der Waals surface area contributed by atoms with E-state index < -0.39 is 0 Å². The van der Waals surface area contributed by atoms with E-state index in [0.717, 1.165) is 24.0 Å². The molecule has 4 heteroatoms. The maximum atomic E-state index is 8.68. The molecule has 1 fully saturated rings. The highest BCUT2D eigenvalue weighted by Gasteiger charge is 2.14. The lowest BCUT2D eigenvalue weighted by Crippen LogP contribution is -1.98. The fourth-order valence-corrected chi connectivity index (χ4v) is 3.65. The van der Waals surface area contributed by atoms with Crippen molar-refractivity contribution in [2.45, 2.75) is 38.5 Å². The molecule has 0 bridgehead atoms. The highest BCUT2D eigenvalue weighted by molar-refractivity contribution is 5.82. The summed E-state index contributed by atoms with van der Waals surface area (Å²) in [6.45, 7) is 0.106. The molecule has 0 radical (unpaired) electrons. The predicted octanol–water partition coefficient (Wildman–Crippen LogP) is 5.65. The molecule has 142 valence electrons. The first-order valence-corrected chi connectivity index (χ1v) is 9.74. The fraction of sp³-hybridized carbons (Fsp3) is 0.333. The van der Waals surface area contributed by atoms with Gasteiger partial charge in [-0.05, 0) is 66.6 Å². The molecule has 0 saturated heterocycles. The van der Waals surface area contributed by atoms with Crippen molar-refractivity contribution in [3.63, 3.8) is 0 Å². The molecule has 1 aliphatic carbocycles. The van der Waals surface area contributed by atoms with E-state index in [1.807, 2.05) is 36.4 Å². The molecule has 0 N–H and O–H groups in total. The Bertz CT molecular complexity index is 811. The Labute approximate surface area is 166 Å². The summed E-state index contributed by atoms with van der Waals surface area (Å²) in [5, 5.41) is 17.4. The van der Waals surface area contributed by atoms with E-state index in [9.17, 15) is 0 Å². The number of nitrogens with zero attached hydrogens (tertiary/aromatic N) is 2. The Hall–Kier alpha value is -3.24. The summed E-state index contributed by atoms with van der Waals surface area (Å²) >= 11 is 0. The molecular formula is C24H24N2O2. The molecule has 0 atom stereocenters. The quantitative estimate of drug-likeness (QED) is 0.615. The van der Waals surface area contributed by atoms with Crippen molar-refractivity contribution in [2.24, 2.45) is 0 Å². The minimum Gasteiger partial charge on any atom is -0.479 e. The number of rotatable bonds is 6. The van der Waals surface area contributed by atoms with Crippen molar-refractivity contribution in [1.82, 2.24) is 0 Å². The zero-order valence-electron chi connectivity index (χ0n) is 16.0. The van der Waals surface area contributed by atoms with Crippen LogP contribution in [-0.2, 0) is 0 Å². The number of ether oxygens (including phenoxy) is 2. The zero-order chi connectivity index (χ0) is 19.6. The third-order valence-electron chi connectivity index (χ3n) is 4.95. The van der Waals surface area contributed by atoms with Crippen LogP contribution >= 0.6 is 0 Å². The first-order valence-electron chi connectivity index (χ1n) is 9.74. The number of benzene rings is 2. The summed E-state index contributed by atoms with van der Waals surface area (Å²) < 4.78 is 10.8. The van der Waals surface area contributed by atoms with Gasteiger partial charge in [0.25, 0.3) is 0 Å². The third kappa shape index (κ3) is 5.15. The standard InChI is InChI=1S/C24H24N2O2/c25-15-17-27-22-11-7-20(8-12-22)24(19-5-3-1-2-4-6-19)21-9-13-23(14-10-21)28-18-16-26/h7-14H,1-6,17-18H2. The van der Waals surface area contributed by atoms with Crippen LogP contribution in [0.4, 0.5) is 0 Å². The average molecular weight is 372 g/mol. The van der Waals surface area contributed by atoms with Gasteiger partial charge >= 0.3 is 0 Å². The fourth-order valence-electron chi connectivity index (χ4n) is 3.65. The summed E-state index contributed by atoms with van der Waals surface area (Å²) in [5.74, 6) is 1.41. The topological polar surface area (TPSA) is 66.0 Å². The Balaban J connectivity index is 1.95. The van der Waals surface area contributed by atoms with Gasteiger partial charge in [0, 0.05) is 0 Å². The van der Waals surface area contributed by atoms with Gasteiger partial charge in [-0.1, -0.05) is 42.7 Å². The highest BCUT2D eigenvalue weighted by Crippen LogP contribution is 2.35. The lowest BCUT2D eigenvalue weighted by atomic mass is 9.89. The average Bonchev–Trinajstić information content (AvgIpc) is 3.02. The lowest BCUT2D eigenvalue weighted by molar-refractivity contribution is 0.368. The molecule has 2 aromatic carbocycles. The van der Waals surface area contributed by atoms with Gasteiger partial charge < -0.3 is 9.47 Å². The van der Waals surface area contributed by atoms with Crippen LogP contribution in [0.3, 0.4) is 0 Å². The van der Waals surface area contributed by atoms with Gasteiger partial charge in [0.1, 0.15) is 23.6 Å². The first-order chi connectivity index (χ1) is 13.8. The molecule has 0 unspecified atom stereocenters. The molecule has 3 rings (SSSR count).